The highest BCUT2D eigenvalue weighted by Gasteiger charge is 2.28. The zero-order chi connectivity index (χ0) is 22.1. The van der Waals surface area contributed by atoms with Crippen LogP contribution >= 0.6 is 0 Å². The molecule has 0 saturated heterocycles. The van der Waals surface area contributed by atoms with Gasteiger partial charge in [-0.05, 0) is 17.7 Å². The lowest BCUT2D eigenvalue weighted by Crippen LogP contribution is -2.78. The summed E-state index contributed by atoms with van der Waals surface area (Å²) in [4.78, 5) is 23.4. The molecule has 160 valence electrons. The molecule has 0 fully saturated rings. The molecule has 0 aliphatic heterocycles. The van der Waals surface area contributed by atoms with Gasteiger partial charge in [0.15, 0.2) is 11.4 Å². The van der Waals surface area contributed by atoms with E-state index in [0.29, 0.717) is 18.0 Å². The molecule has 10 heteroatoms. The molecule has 0 unspecified atom stereocenters. The van der Waals surface area contributed by atoms with Crippen LogP contribution in [0.1, 0.15) is 15.9 Å². The number of alkyl halides is 3. The van der Waals surface area contributed by atoms with Gasteiger partial charge in [0.1, 0.15) is 18.8 Å². The van der Waals surface area contributed by atoms with E-state index in [1.54, 1.807) is 10.6 Å². The maximum atomic E-state index is 12.2. The average Bonchev–Trinajstić information content (AvgIpc) is 2.71. The fraction of sp³-hybridized carbons (Fsp3) is 0.200. The molecule has 0 atom stereocenters. The number of quaternary nitrogens is 2. The molecule has 0 aliphatic rings. The van der Waals surface area contributed by atoms with Gasteiger partial charge in [-0.1, -0.05) is 30.3 Å². The van der Waals surface area contributed by atoms with Crippen LogP contribution in [0.15, 0.2) is 66.0 Å². The van der Waals surface area contributed by atoms with Crippen molar-refractivity contribution in [2.24, 2.45) is 5.73 Å². The topological polar surface area (TPSA) is 126 Å². The molecule has 2 amide bonds. The van der Waals surface area contributed by atoms with Crippen molar-refractivity contribution in [3.8, 4) is 0 Å². The number of carbonyl (C=O) groups excluding carboxylic acids is 2. The molecule has 2 rings (SSSR count). The lowest BCUT2D eigenvalue weighted by Gasteiger charge is -2.10. The maximum Gasteiger partial charge on any atom is 0.405 e. The number of halogens is 3. The zero-order valence-corrected chi connectivity index (χ0v) is 16.0. The van der Waals surface area contributed by atoms with Gasteiger partial charge in [-0.2, -0.15) is 13.2 Å². The molecule has 0 spiro atoms. The molecule has 8 N–H and O–H groups in total. The lowest BCUT2D eigenvalue weighted by molar-refractivity contribution is -0.523. The smallest absolute Gasteiger partial charge is 0.386 e. The first-order valence-corrected chi connectivity index (χ1v) is 8.92. The van der Waals surface area contributed by atoms with Gasteiger partial charge in [0.05, 0.1) is 6.61 Å². The molecule has 0 aliphatic carbocycles. The molecule has 0 bridgehead atoms. The van der Waals surface area contributed by atoms with Crippen LogP contribution in [-0.2, 0) is 16.1 Å². The molecule has 7 nitrogen and oxygen atoms in total. The first kappa shape index (κ1) is 23.1. The molecule has 0 heterocycles. The van der Waals surface area contributed by atoms with Crippen molar-refractivity contribution < 1.29 is 38.5 Å². The summed E-state index contributed by atoms with van der Waals surface area (Å²) in [5.41, 5.74) is 11.1. The van der Waals surface area contributed by atoms with Gasteiger partial charge < -0.3 is 15.8 Å². The van der Waals surface area contributed by atoms with E-state index in [9.17, 15) is 22.8 Å². The Labute approximate surface area is 170 Å². The molecule has 2 aromatic carbocycles. The second kappa shape index (κ2) is 10.5. The minimum absolute atomic E-state index is 0.0514. The van der Waals surface area contributed by atoms with Crippen LogP contribution in [0.4, 0.5) is 18.9 Å². The zero-order valence-electron chi connectivity index (χ0n) is 16.0. The molecule has 0 aromatic heterocycles. The van der Waals surface area contributed by atoms with E-state index in [4.69, 9.17) is 10.5 Å². The highest BCUT2D eigenvalue weighted by molar-refractivity contribution is 5.94. The third kappa shape index (κ3) is 7.66. The summed E-state index contributed by atoms with van der Waals surface area (Å²) in [7, 11) is 0. The van der Waals surface area contributed by atoms with Crippen molar-refractivity contribution in [2.45, 2.75) is 12.8 Å². The fourth-order valence-electron chi connectivity index (χ4n) is 2.44. The average molecular weight is 424 g/mol. The molecule has 0 radical (unpaired) electrons. The van der Waals surface area contributed by atoms with Gasteiger partial charge in [-0.15, -0.1) is 0 Å². The molecular formula is C20H23F3N4O3+2. The van der Waals surface area contributed by atoms with Crippen LogP contribution in [0.3, 0.4) is 0 Å². The van der Waals surface area contributed by atoms with Crippen molar-refractivity contribution in [3.05, 3.63) is 77.1 Å². The SMILES string of the molecule is NC(C([NH3+])=O)=C(COCc1ccccc1)[NH2+]c1ccc(C(=O)NCC(F)(F)F)cc1. The Hall–Kier alpha value is -3.21. The third-order valence-electron chi connectivity index (χ3n) is 3.98. The number of nitrogens with two attached hydrogens (primary N) is 2. The highest BCUT2D eigenvalue weighted by Crippen LogP contribution is 2.13. The van der Waals surface area contributed by atoms with Crippen LogP contribution in [0.5, 0.6) is 0 Å². The number of nitrogens with one attached hydrogen (secondary N) is 1. The van der Waals surface area contributed by atoms with Crippen LogP contribution in [0.25, 0.3) is 0 Å². The Bertz CT molecular complexity index is 898. The summed E-state index contributed by atoms with van der Waals surface area (Å²) >= 11 is 0. The molecule has 0 saturated carbocycles. The Morgan fingerprint density at radius 3 is 2.27 bits per heavy atom. The van der Waals surface area contributed by atoms with Crippen molar-refractivity contribution >= 4 is 17.5 Å². The maximum absolute atomic E-state index is 12.2. The summed E-state index contributed by atoms with van der Waals surface area (Å²) in [6.45, 7) is -1.04. The standard InChI is InChI=1S/C20H21F3N4O3/c21-20(22,23)12-26-19(29)14-6-8-15(9-7-14)27-16(17(24)18(25)28)11-30-10-13-4-2-1-3-5-13/h1-9,27H,10-12,24H2,(H2,25,28)(H,26,29)/p+2. The number of rotatable bonds is 9. The summed E-state index contributed by atoms with van der Waals surface area (Å²) in [6, 6.07) is 15.2. The predicted octanol–water partition coefficient (Wildman–Crippen LogP) is 0.329. The Balaban J connectivity index is 2.02. The van der Waals surface area contributed by atoms with Gasteiger partial charge in [0.2, 0.25) is 0 Å². The van der Waals surface area contributed by atoms with Crippen LogP contribution in [0, 0.1) is 0 Å². The van der Waals surface area contributed by atoms with Crippen molar-refractivity contribution in [2.75, 3.05) is 13.2 Å². The van der Waals surface area contributed by atoms with E-state index in [2.05, 4.69) is 5.73 Å². The van der Waals surface area contributed by atoms with Crippen LogP contribution < -0.4 is 22.1 Å². The van der Waals surface area contributed by atoms with E-state index < -0.39 is 24.5 Å². The van der Waals surface area contributed by atoms with Gasteiger partial charge in [0, 0.05) is 17.7 Å². The van der Waals surface area contributed by atoms with Gasteiger partial charge in [-0.25, -0.2) is 4.79 Å². The van der Waals surface area contributed by atoms with Crippen molar-refractivity contribution in [1.82, 2.24) is 5.32 Å². The van der Waals surface area contributed by atoms with E-state index in [1.807, 2.05) is 30.3 Å². The summed E-state index contributed by atoms with van der Waals surface area (Å²) in [5.74, 6) is -1.40. The third-order valence-corrected chi connectivity index (χ3v) is 3.98. The minimum atomic E-state index is -4.49. The highest BCUT2D eigenvalue weighted by atomic mass is 19.4. The van der Waals surface area contributed by atoms with Crippen LogP contribution in [-0.4, -0.2) is 31.1 Å². The Morgan fingerprint density at radius 1 is 1.07 bits per heavy atom. The van der Waals surface area contributed by atoms with Gasteiger partial charge in [-0.3, -0.25) is 15.8 Å². The second-order valence-electron chi connectivity index (χ2n) is 6.40. The van der Waals surface area contributed by atoms with E-state index in [-0.39, 0.29) is 17.9 Å². The number of hydrogen-bond donors (Lipinski definition) is 4. The summed E-state index contributed by atoms with van der Waals surface area (Å²) in [6.07, 6.45) is -4.49. The summed E-state index contributed by atoms with van der Waals surface area (Å²) in [5, 5.41) is 3.40. The predicted molar refractivity (Wildman–Crippen MR) is 102 cm³/mol. The van der Waals surface area contributed by atoms with Crippen molar-refractivity contribution in [3.63, 3.8) is 0 Å². The first-order valence-electron chi connectivity index (χ1n) is 8.92. The van der Waals surface area contributed by atoms with Crippen LogP contribution in [0.2, 0.25) is 0 Å². The monoisotopic (exact) mass is 424 g/mol. The second-order valence-corrected chi connectivity index (χ2v) is 6.40. The number of amides is 2. The molecular weight excluding hydrogens is 401 g/mol. The Morgan fingerprint density at radius 2 is 1.70 bits per heavy atom. The summed E-state index contributed by atoms with van der Waals surface area (Å²) < 4.78 is 42.3. The lowest BCUT2D eigenvalue weighted by atomic mass is 10.2. The van der Waals surface area contributed by atoms with E-state index in [0.717, 1.165) is 5.56 Å². The fourth-order valence-corrected chi connectivity index (χ4v) is 2.44. The quantitative estimate of drug-likeness (QED) is 0.342. The van der Waals surface area contributed by atoms with E-state index in [1.165, 1.54) is 24.3 Å². The number of ether oxygens (including phenoxy) is 1. The van der Waals surface area contributed by atoms with Crippen molar-refractivity contribution in [1.29, 1.82) is 0 Å². The number of carbonyl (C=O) groups is 2. The largest absolute Gasteiger partial charge is 0.405 e. The van der Waals surface area contributed by atoms with E-state index >= 15 is 0 Å². The first-order chi connectivity index (χ1) is 14.2. The molecule has 2 aromatic rings. The Kier molecular flexibility index (Phi) is 8.10. The van der Waals surface area contributed by atoms with Gasteiger partial charge in [0.25, 0.3) is 5.91 Å². The number of benzene rings is 2. The van der Waals surface area contributed by atoms with Gasteiger partial charge >= 0.3 is 12.1 Å². The normalized spacial score (nSPS) is 12.3. The minimum Gasteiger partial charge on any atom is -0.386 e. The number of hydrogen-bond acceptors (Lipinski definition) is 4. The molecule has 30 heavy (non-hydrogen) atoms.